The highest BCUT2D eigenvalue weighted by Gasteiger charge is 2.23. The molecule has 1 atom stereocenters. The molecule has 110 valence electrons. The number of nitrogens with zero attached hydrogens (tertiary/aromatic N) is 1. The summed E-state index contributed by atoms with van der Waals surface area (Å²) in [4.78, 5) is 2.36. The topological polar surface area (TPSA) is 15.3 Å². The Balaban J connectivity index is 0.00000162. The Morgan fingerprint density at radius 1 is 1.05 bits per heavy atom. The summed E-state index contributed by atoms with van der Waals surface area (Å²) >= 11 is 18.5. The normalized spacial score (nSPS) is 17.3. The van der Waals surface area contributed by atoms with Gasteiger partial charge in [-0.05, 0) is 19.1 Å². The fourth-order valence-corrected chi connectivity index (χ4v) is 3.03. The number of hydrogen-bond acceptors (Lipinski definition) is 2. The Kier molecular flexibility index (Phi) is 9.06. The van der Waals surface area contributed by atoms with Gasteiger partial charge in [-0.1, -0.05) is 34.8 Å². The lowest BCUT2D eigenvalue weighted by Crippen LogP contribution is -2.44. The van der Waals surface area contributed by atoms with E-state index in [4.69, 9.17) is 34.8 Å². The van der Waals surface area contributed by atoms with Gasteiger partial charge in [0.1, 0.15) is 0 Å². The lowest BCUT2D eigenvalue weighted by Gasteiger charge is -2.33. The zero-order valence-electron chi connectivity index (χ0n) is 10.5. The summed E-state index contributed by atoms with van der Waals surface area (Å²) in [5.41, 5.74) is 0.933. The molecule has 1 heterocycles. The van der Waals surface area contributed by atoms with E-state index >= 15 is 0 Å². The predicted molar refractivity (Wildman–Crippen MR) is 88.8 cm³/mol. The van der Waals surface area contributed by atoms with Crippen LogP contribution in [-0.4, -0.2) is 31.1 Å². The van der Waals surface area contributed by atoms with Crippen LogP contribution in [0.5, 0.6) is 0 Å². The van der Waals surface area contributed by atoms with E-state index in [0.717, 1.165) is 31.7 Å². The first kappa shape index (κ1) is 19.6. The molecule has 0 bridgehead atoms. The van der Waals surface area contributed by atoms with E-state index in [-0.39, 0.29) is 30.9 Å². The van der Waals surface area contributed by atoms with Crippen molar-refractivity contribution >= 4 is 59.6 Å². The smallest absolute Gasteiger partial charge is 0.0654 e. The van der Waals surface area contributed by atoms with Gasteiger partial charge in [-0.3, -0.25) is 4.90 Å². The Morgan fingerprint density at radius 2 is 1.58 bits per heavy atom. The molecule has 1 saturated heterocycles. The number of halogens is 5. The number of piperazine rings is 1. The van der Waals surface area contributed by atoms with Crippen LogP contribution < -0.4 is 5.32 Å². The van der Waals surface area contributed by atoms with Gasteiger partial charge in [0.15, 0.2) is 0 Å². The number of hydrogen-bond donors (Lipinski definition) is 1. The quantitative estimate of drug-likeness (QED) is 0.778. The van der Waals surface area contributed by atoms with E-state index in [0.29, 0.717) is 15.1 Å². The van der Waals surface area contributed by atoms with Crippen molar-refractivity contribution in [2.24, 2.45) is 0 Å². The molecule has 0 aliphatic carbocycles. The average molecular weight is 367 g/mol. The van der Waals surface area contributed by atoms with E-state index in [1.165, 1.54) is 0 Å². The average Bonchev–Trinajstić information content (AvgIpc) is 2.35. The molecule has 2 nitrogen and oxygen atoms in total. The molecule has 0 unspecified atom stereocenters. The fraction of sp³-hybridized carbons (Fsp3) is 0.500. The van der Waals surface area contributed by atoms with Gasteiger partial charge in [-0.25, -0.2) is 0 Å². The van der Waals surface area contributed by atoms with Crippen molar-refractivity contribution < 1.29 is 0 Å². The Labute approximate surface area is 141 Å². The van der Waals surface area contributed by atoms with Gasteiger partial charge >= 0.3 is 0 Å². The lowest BCUT2D eigenvalue weighted by molar-refractivity contribution is 0.185. The minimum absolute atomic E-state index is 0. The highest BCUT2D eigenvalue weighted by Crippen LogP contribution is 2.37. The third-order valence-electron chi connectivity index (χ3n) is 3.20. The fourth-order valence-electron chi connectivity index (χ4n) is 2.18. The second kappa shape index (κ2) is 8.78. The van der Waals surface area contributed by atoms with Crippen molar-refractivity contribution in [3.63, 3.8) is 0 Å². The maximum absolute atomic E-state index is 6.25. The molecule has 7 heteroatoms. The van der Waals surface area contributed by atoms with Gasteiger partial charge in [0.05, 0.1) is 10.0 Å². The first-order valence-electron chi connectivity index (χ1n) is 5.69. The maximum atomic E-state index is 6.25. The highest BCUT2D eigenvalue weighted by molar-refractivity contribution is 6.44. The molecule has 0 amide bonds. The number of nitrogens with one attached hydrogen (secondary N) is 1. The summed E-state index contributed by atoms with van der Waals surface area (Å²) in [5.74, 6) is 0. The van der Waals surface area contributed by atoms with Crippen LogP contribution in [0.25, 0.3) is 0 Å². The second-order valence-corrected chi connectivity index (χ2v) is 5.41. The molecule has 1 aromatic carbocycles. The standard InChI is InChI=1S/C12H15Cl3N2.2ClH/c1-8(17-6-4-16-5-7-17)11-9(13)2-3-10(14)12(11)15;;/h2-3,8,16H,4-7H2,1H3;2*1H/t8-;;/m0../s1. The Hall–Kier alpha value is 0.590. The molecule has 1 fully saturated rings. The SMILES string of the molecule is C[C@@H](c1c(Cl)ccc(Cl)c1Cl)N1CCNCC1.Cl.Cl. The first-order chi connectivity index (χ1) is 8.11. The zero-order chi connectivity index (χ0) is 12.4. The molecule has 0 radical (unpaired) electrons. The molecule has 2 rings (SSSR count). The van der Waals surface area contributed by atoms with Crippen LogP contribution in [0.1, 0.15) is 18.5 Å². The minimum Gasteiger partial charge on any atom is -0.314 e. The van der Waals surface area contributed by atoms with Crippen molar-refractivity contribution in [3.05, 3.63) is 32.8 Å². The van der Waals surface area contributed by atoms with Gasteiger partial charge < -0.3 is 5.32 Å². The molecule has 0 aromatic heterocycles. The van der Waals surface area contributed by atoms with Crippen molar-refractivity contribution in [2.75, 3.05) is 26.2 Å². The van der Waals surface area contributed by atoms with Crippen LogP contribution in [-0.2, 0) is 0 Å². The van der Waals surface area contributed by atoms with Crippen LogP contribution in [0.2, 0.25) is 15.1 Å². The number of rotatable bonds is 2. The van der Waals surface area contributed by atoms with Crippen LogP contribution in [0.4, 0.5) is 0 Å². The molecule has 0 spiro atoms. The van der Waals surface area contributed by atoms with Crippen LogP contribution in [0.15, 0.2) is 12.1 Å². The van der Waals surface area contributed by atoms with Crippen LogP contribution in [0.3, 0.4) is 0 Å². The Bertz CT molecular complexity index is 407. The van der Waals surface area contributed by atoms with Gasteiger partial charge in [-0.15, -0.1) is 24.8 Å². The van der Waals surface area contributed by atoms with E-state index in [2.05, 4.69) is 17.1 Å². The first-order valence-corrected chi connectivity index (χ1v) is 6.83. The molecule has 0 saturated carbocycles. The van der Waals surface area contributed by atoms with Crippen molar-refractivity contribution in [1.82, 2.24) is 10.2 Å². The summed E-state index contributed by atoms with van der Waals surface area (Å²) in [6, 6.07) is 3.74. The van der Waals surface area contributed by atoms with Crippen molar-refractivity contribution in [3.8, 4) is 0 Å². The Morgan fingerprint density at radius 3 is 2.16 bits per heavy atom. The number of benzene rings is 1. The molecule has 1 aliphatic heterocycles. The summed E-state index contributed by atoms with van der Waals surface area (Å²) in [7, 11) is 0. The van der Waals surface area contributed by atoms with Crippen LogP contribution in [0, 0.1) is 0 Å². The molecule has 1 N–H and O–H groups in total. The summed E-state index contributed by atoms with van der Waals surface area (Å²) in [6.07, 6.45) is 0. The summed E-state index contributed by atoms with van der Waals surface area (Å²) < 4.78 is 0. The molecule has 1 aliphatic rings. The van der Waals surface area contributed by atoms with E-state index in [9.17, 15) is 0 Å². The predicted octanol–water partition coefficient (Wildman–Crippen LogP) is 4.46. The van der Waals surface area contributed by atoms with Gasteiger partial charge in [0.25, 0.3) is 0 Å². The molecular formula is C12H17Cl5N2. The largest absolute Gasteiger partial charge is 0.314 e. The third kappa shape index (κ3) is 4.53. The zero-order valence-corrected chi connectivity index (χ0v) is 14.4. The summed E-state index contributed by atoms with van der Waals surface area (Å²) in [6.45, 7) is 6.12. The second-order valence-electron chi connectivity index (χ2n) is 4.22. The minimum atomic E-state index is 0. The molecule has 1 aromatic rings. The highest BCUT2D eigenvalue weighted by atomic mass is 35.5. The van der Waals surface area contributed by atoms with E-state index in [1.807, 2.05) is 6.07 Å². The third-order valence-corrected chi connectivity index (χ3v) is 4.35. The van der Waals surface area contributed by atoms with Crippen LogP contribution >= 0.6 is 59.6 Å². The van der Waals surface area contributed by atoms with Gasteiger partial charge in [0, 0.05) is 42.8 Å². The van der Waals surface area contributed by atoms with Gasteiger partial charge in [0.2, 0.25) is 0 Å². The van der Waals surface area contributed by atoms with Crippen molar-refractivity contribution in [1.29, 1.82) is 0 Å². The molecule has 19 heavy (non-hydrogen) atoms. The maximum Gasteiger partial charge on any atom is 0.0654 e. The van der Waals surface area contributed by atoms with Crippen molar-refractivity contribution in [2.45, 2.75) is 13.0 Å². The monoisotopic (exact) mass is 364 g/mol. The lowest BCUT2D eigenvalue weighted by atomic mass is 10.1. The van der Waals surface area contributed by atoms with Gasteiger partial charge in [-0.2, -0.15) is 0 Å². The van der Waals surface area contributed by atoms with E-state index < -0.39 is 0 Å². The van der Waals surface area contributed by atoms with E-state index in [1.54, 1.807) is 6.07 Å². The molecular weight excluding hydrogens is 349 g/mol. The summed E-state index contributed by atoms with van der Waals surface area (Å²) in [5, 5.41) is 5.15.